The number of rotatable bonds is 7. The SMILES string of the molecule is CCCC1(CN2CC3(CC(N4CCN(C(C)CC)CC4)C3)C2)CC1. The molecule has 0 N–H and O–H groups in total. The molecule has 3 nitrogen and oxygen atoms in total. The van der Waals surface area contributed by atoms with Gasteiger partial charge in [0, 0.05) is 57.9 Å². The lowest BCUT2D eigenvalue weighted by Gasteiger charge is -2.62. The van der Waals surface area contributed by atoms with Gasteiger partial charge in [-0.05, 0) is 56.3 Å². The van der Waals surface area contributed by atoms with Crippen molar-refractivity contribution in [3.05, 3.63) is 0 Å². The molecule has 2 saturated heterocycles. The van der Waals surface area contributed by atoms with Crippen molar-refractivity contribution in [2.45, 2.75) is 77.8 Å². The molecule has 1 unspecified atom stereocenters. The fourth-order valence-corrected chi connectivity index (χ4v) is 5.94. The van der Waals surface area contributed by atoms with Crippen LogP contribution < -0.4 is 0 Å². The maximum absolute atomic E-state index is 2.81. The summed E-state index contributed by atoms with van der Waals surface area (Å²) in [7, 11) is 0. The zero-order chi connectivity index (χ0) is 16.8. The van der Waals surface area contributed by atoms with E-state index in [1.54, 1.807) is 0 Å². The Hall–Kier alpha value is -0.120. The summed E-state index contributed by atoms with van der Waals surface area (Å²) in [5.74, 6) is 0. The fraction of sp³-hybridized carbons (Fsp3) is 1.00. The molecule has 4 aliphatic rings. The van der Waals surface area contributed by atoms with Crippen molar-refractivity contribution in [1.29, 1.82) is 0 Å². The smallest absolute Gasteiger partial charge is 0.0113 e. The van der Waals surface area contributed by atoms with Gasteiger partial charge < -0.3 is 4.90 Å². The van der Waals surface area contributed by atoms with Crippen molar-refractivity contribution in [2.75, 3.05) is 45.8 Å². The molecule has 0 aromatic heterocycles. The van der Waals surface area contributed by atoms with Crippen molar-refractivity contribution in [3.8, 4) is 0 Å². The van der Waals surface area contributed by atoms with Crippen molar-refractivity contribution in [1.82, 2.24) is 14.7 Å². The second-order valence-corrected chi connectivity index (χ2v) is 9.79. The van der Waals surface area contributed by atoms with E-state index < -0.39 is 0 Å². The number of hydrogen-bond acceptors (Lipinski definition) is 3. The van der Waals surface area contributed by atoms with Gasteiger partial charge in [0.25, 0.3) is 0 Å². The summed E-state index contributed by atoms with van der Waals surface area (Å²) < 4.78 is 0. The van der Waals surface area contributed by atoms with Gasteiger partial charge in [-0.15, -0.1) is 0 Å². The van der Waals surface area contributed by atoms with Crippen LogP contribution in [0.25, 0.3) is 0 Å². The molecule has 138 valence electrons. The van der Waals surface area contributed by atoms with Crippen LogP contribution in [0.1, 0.15) is 65.7 Å². The Balaban J connectivity index is 1.16. The molecule has 0 aromatic carbocycles. The Morgan fingerprint density at radius 1 is 1.00 bits per heavy atom. The summed E-state index contributed by atoms with van der Waals surface area (Å²) in [6.07, 6.45) is 10.1. The summed E-state index contributed by atoms with van der Waals surface area (Å²) in [6.45, 7) is 16.5. The molecule has 0 radical (unpaired) electrons. The highest BCUT2D eigenvalue weighted by Gasteiger charge is 2.55. The van der Waals surface area contributed by atoms with Gasteiger partial charge in [0.1, 0.15) is 0 Å². The molecule has 2 aliphatic carbocycles. The van der Waals surface area contributed by atoms with Crippen molar-refractivity contribution in [3.63, 3.8) is 0 Å². The van der Waals surface area contributed by atoms with E-state index in [0.717, 1.165) is 22.9 Å². The lowest BCUT2D eigenvalue weighted by atomic mass is 9.60. The lowest BCUT2D eigenvalue weighted by Crippen LogP contribution is -2.68. The number of hydrogen-bond donors (Lipinski definition) is 0. The van der Waals surface area contributed by atoms with Gasteiger partial charge >= 0.3 is 0 Å². The van der Waals surface area contributed by atoms with E-state index in [-0.39, 0.29) is 0 Å². The third-order valence-corrected chi connectivity index (χ3v) is 7.83. The standard InChI is InChI=1S/C21H39N3/c1-4-6-20(7-8-20)15-22-16-21(17-22)13-19(14-21)24-11-9-23(10-12-24)18(3)5-2/h18-19H,4-17H2,1-3H3. The highest BCUT2D eigenvalue weighted by Crippen LogP contribution is 2.55. The average Bonchev–Trinajstić information content (AvgIpc) is 3.28. The van der Waals surface area contributed by atoms with E-state index in [9.17, 15) is 0 Å². The van der Waals surface area contributed by atoms with Crippen LogP contribution in [0.3, 0.4) is 0 Å². The monoisotopic (exact) mass is 333 g/mol. The highest BCUT2D eigenvalue weighted by molar-refractivity contribution is 5.09. The largest absolute Gasteiger partial charge is 0.302 e. The molecule has 4 rings (SSSR count). The summed E-state index contributed by atoms with van der Waals surface area (Å²) in [5, 5.41) is 0. The quantitative estimate of drug-likeness (QED) is 0.706. The van der Waals surface area contributed by atoms with Gasteiger partial charge in [-0.1, -0.05) is 20.3 Å². The zero-order valence-corrected chi connectivity index (χ0v) is 16.4. The van der Waals surface area contributed by atoms with Gasteiger partial charge in [-0.2, -0.15) is 0 Å². The molecule has 24 heavy (non-hydrogen) atoms. The maximum Gasteiger partial charge on any atom is 0.0113 e. The van der Waals surface area contributed by atoms with Crippen LogP contribution >= 0.6 is 0 Å². The molecule has 3 heteroatoms. The molecule has 0 bridgehead atoms. The van der Waals surface area contributed by atoms with Crippen molar-refractivity contribution < 1.29 is 0 Å². The van der Waals surface area contributed by atoms with E-state index in [1.165, 1.54) is 90.8 Å². The topological polar surface area (TPSA) is 9.72 Å². The zero-order valence-electron chi connectivity index (χ0n) is 16.4. The lowest BCUT2D eigenvalue weighted by molar-refractivity contribution is -0.121. The Labute approximate surface area is 149 Å². The first-order chi connectivity index (χ1) is 11.6. The second-order valence-electron chi connectivity index (χ2n) is 9.79. The van der Waals surface area contributed by atoms with Gasteiger partial charge in [-0.25, -0.2) is 0 Å². The first-order valence-corrected chi connectivity index (χ1v) is 10.8. The van der Waals surface area contributed by atoms with Crippen LogP contribution in [0.15, 0.2) is 0 Å². The summed E-state index contributed by atoms with van der Waals surface area (Å²) in [4.78, 5) is 8.30. The van der Waals surface area contributed by atoms with E-state index in [1.807, 2.05) is 0 Å². The molecule has 2 heterocycles. The number of nitrogens with zero attached hydrogens (tertiary/aromatic N) is 3. The normalized spacial score (nSPS) is 31.6. The van der Waals surface area contributed by atoms with Crippen molar-refractivity contribution >= 4 is 0 Å². The van der Waals surface area contributed by atoms with E-state index >= 15 is 0 Å². The van der Waals surface area contributed by atoms with Gasteiger partial charge in [0.15, 0.2) is 0 Å². The van der Waals surface area contributed by atoms with Crippen LogP contribution in [-0.2, 0) is 0 Å². The summed E-state index contributed by atoms with van der Waals surface area (Å²) in [6, 6.07) is 1.69. The minimum atomic E-state index is 0.737. The van der Waals surface area contributed by atoms with Gasteiger partial charge in [-0.3, -0.25) is 9.80 Å². The van der Waals surface area contributed by atoms with Crippen LogP contribution in [0.4, 0.5) is 0 Å². The third kappa shape index (κ3) is 3.29. The minimum absolute atomic E-state index is 0.737. The molecule has 1 spiro atoms. The molecule has 0 aromatic rings. The van der Waals surface area contributed by atoms with Crippen LogP contribution in [-0.4, -0.2) is 72.6 Å². The Bertz CT molecular complexity index is 422. The molecule has 2 aliphatic heterocycles. The van der Waals surface area contributed by atoms with Gasteiger partial charge in [0.05, 0.1) is 0 Å². The van der Waals surface area contributed by atoms with Crippen LogP contribution in [0.5, 0.6) is 0 Å². The van der Waals surface area contributed by atoms with Crippen LogP contribution in [0, 0.1) is 10.8 Å². The van der Waals surface area contributed by atoms with E-state index in [2.05, 4.69) is 35.5 Å². The fourth-order valence-electron chi connectivity index (χ4n) is 5.94. The second kappa shape index (κ2) is 6.55. The Kier molecular flexibility index (Phi) is 4.73. The third-order valence-electron chi connectivity index (χ3n) is 7.83. The van der Waals surface area contributed by atoms with Crippen LogP contribution in [0.2, 0.25) is 0 Å². The predicted octanol–water partition coefficient (Wildman–Crippen LogP) is 3.45. The molecule has 2 saturated carbocycles. The first kappa shape index (κ1) is 17.3. The molecule has 0 amide bonds. The summed E-state index contributed by atoms with van der Waals surface area (Å²) in [5.41, 5.74) is 1.49. The van der Waals surface area contributed by atoms with E-state index in [0.29, 0.717) is 0 Å². The first-order valence-electron chi connectivity index (χ1n) is 10.8. The van der Waals surface area contributed by atoms with E-state index in [4.69, 9.17) is 0 Å². The number of piperazine rings is 1. The molecular weight excluding hydrogens is 294 g/mol. The Morgan fingerprint density at radius 3 is 2.21 bits per heavy atom. The molecule has 1 atom stereocenters. The molecule has 4 fully saturated rings. The molecular formula is C21H39N3. The predicted molar refractivity (Wildman–Crippen MR) is 101 cm³/mol. The van der Waals surface area contributed by atoms with Crippen molar-refractivity contribution in [2.24, 2.45) is 10.8 Å². The highest BCUT2D eigenvalue weighted by atomic mass is 15.3. The Morgan fingerprint density at radius 2 is 1.67 bits per heavy atom. The minimum Gasteiger partial charge on any atom is -0.302 e. The average molecular weight is 334 g/mol. The maximum atomic E-state index is 2.81. The van der Waals surface area contributed by atoms with Gasteiger partial charge in [0.2, 0.25) is 0 Å². The summed E-state index contributed by atoms with van der Waals surface area (Å²) >= 11 is 0. The number of likely N-dealkylation sites (tertiary alicyclic amines) is 1.